The van der Waals surface area contributed by atoms with E-state index in [1.54, 1.807) is 0 Å². The third kappa shape index (κ3) is 66.8. The molecule has 0 aliphatic rings. The van der Waals surface area contributed by atoms with Gasteiger partial charge in [0, 0.05) is 19.3 Å². The molecule has 0 aliphatic carbocycles. The van der Waals surface area contributed by atoms with E-state index < -0.39 is 6.10 Å². The van der Waals surface area contributed by atoms with Crippen molar-refractivity contribution in [3.63, 3.8) is 0 Å². The van der Waals surface area contributed by atoms with Crippen LogP contribution in [0.15, 0.2) is 12.2 Å². The van der Waals surface area contributed by atoms with E-state index in [4.69, 9.17) is 14.2 Å². The van der Waals surface area contributed by atoms with Crippen LogP contribution in [0.25, 0.3) is 0 Å². The van der Waals surface area contributed by atoms with Gasteiger partial charge in [-0.2, -0.15) is 0 Å². The van der Waals surface area contributed by atoms with Crippen molar-refractivity contribution in [3.8, 4) is 0 Å². The molecule has 79 heavy (non-hydrogen) atoms. The first kappa shape index (κ1) is 77.2. The van der Waals surface area contributed by atoms with Gasteiger partial charge in [-0.15, -0.1) is 0 Å². The topological polar surface area (TPSA) is 78.9 Å². The highest BCUT2D eigenvalue weighted by atomic mass is 16.6. The summed E-state index contributed by atoms with van der Waals surface area (Å²) in [6.07, 6.45) is 82.6. The van der Waals surface area contributed by atoms with Gasteiger partial charge in [0.1, 0.15) is 13.2 Å². The van der Waals surface area contributed by atoms with Crippen LogP contribution in [0.4, 0.5) is 0 Å². The van der Waals surface area contributed by atoms with Crippen LogP contribution in [-0.2, 0) is 28.6 Å². The minimum Gasteiger partial charge on any atom is -0.462 e. The van der Waals surface area contributed by atoms with Gasteiger partial charge in [-0.25, -0.2) is 0 Å². The Hall–Kier alpha value is -1.85. The molecule has 0 amide bonds. The maximum atomic E-state index is 12.9. The zero-order chi connectivity index (χ0) is 57.1. The van der Waals surface area contributed by atoms with Crippen LogP contribution in [0.1, 0.15) is 419 Å². The van der Waals surface area contributed by atoms with E-state index in [1.807, 2.05) is 0 Å². The summed E-state index contributed by atoms with van der Waals surface area (Å²) in [4.78, 5) is 38.3. The minimum atomic E-state index is -0.767. The van der Waals surface area contributed by atoms with Crippen LogP contribution in [0.5, 0.6) is 0 Å². The molecule has 0 bridgehead atoms. The van der Waals surface area contributed by atoms with Crippen molar-refractivity contribution in [1.29, 1.82) is 0 Å². The van der Waals surface area contributed by atoms with Gasteiger partial charge in [-0.3, -0.25) is 14.4 Å². The van der Waals surface area contributed by atoms with E-state index in [-0.39, 0.29) is 31.1 Å². The highest BCUT2D eigenvalue weighted by Gasteiger charge is 2.19. The molecule has 0 aliphatic heterocycles. The van der Waals surface area contributed by atoms with Crippen LogP contribution in [-0.4, -0.2) is 37.2 Å². The van der Waals surface area contributed by atoms with Crippen molar-refractivity contribution in [2.75, 3.05) is 13.2 Å². The second-order valence-electron chi connectivity index (χ2n) is 24.9. The van der Waals surface area contributed by atoms with E-state index >= 15 is 0 Å². The number of carbonyl (C=O) groups is 3. The molecule has 468 valence electrons. The van der Waals surface area contributed by atoms with E-state index in [1.165, 1.54) is 321 Å². The number of hydrogen-bond donors (Lipinski definition) is 0. The monoisotopic (exact) mass is 1110 g/mol. The van der Waals surface area contributed by atoms with Crippen molar-refractivity contribution in [1.82, 2.24) is 0 Å². The average Bonchev–Trinajstić information content (AvgIpc) is 3.45. The van der Waals surface area contributed by atoms with Gasteiger partial charge in [-0.1, -0.05) is 367 Å². The Morgan fingerprint density at radius 1 is 0.241 bits per heavy atom. The van der Waals surface area contributed by atoms with Gasteiger partial charge in [0.25, 0.3) is 0 Å². The highest BCUT2D eigenvalue weighted by molar-refractivity contribution is 5.71. The summed E-state index contributed by atoms with van der Waals surface area (Å²) in [6.45, 7) is 6.71. The third-order valence-electron chi connectivity index (χ3n) is 16.8. The summed E-state index contributed by atoms with van der Waals surface area (Å²) in [5.41, 5.74) is 0. The van der Waals surface area contributed by atoms with Crippen molar-refractivity contribution in [3.05, 3.63) is 12.2 Å². The number of allylic oxidation sites excluding steroid dienone is 2. The van der Waals surface area contributed by atoms with Gasteiger partial charge >= 0.3 is 17.9 Å². The third-order valence-corrected chi connectivity index (χ3v) is 16.8. The lowest BCUT2D eigenvalue weighted by atomic mass is 10.0. The molecule has 0 aromatic rings. The Balaban J connectivity index is 4.08. The summed E-state index contributed by atoms with van der Waals surface area (Å²) < 4.78 is 17.0. The molecule has 0 rings (SSSR count). The van der Waals surface area contributed by atoms with Crippen LogP contribution in [0.3, 0.4) is 0 Å². The smallest absolute Gasteiger partial charge is 0.306 e. The molecule has 0 N–H and O–H groups in total. The molecule has 6 nitrogen and oxygen atoms in total. The molecule has 0 heterocycles. The van der Waals surface area contributed by atoms with Gasteiger partial charge in [0.05, 0.1) is 0 Å². The molecule has 0 fully saturated rings. The van der Waals surface area contributed by atoms with Crippen molar-refractivity contribution in [2.45, 2.75) is 425 Å². The number of esters is 3. The molecular formula is C73H140O6. The van der Waals surface area contributed by atoms with Crippen molar-refractivity contribution < 1.29 is 28.6 Å². The fraction of sp³-hybridized carbons (Fsp3) is 0.932. The Bertz CT molecular complexity index is 1230. The Morgan fingerprint density at radius 2 is 0.418 bits per heavy atom. The van der Waals surface area contributed by atoms with E-state index in [9.17, 15) is 14.4 Å². The predicted octanol–water partition coefficient (Wildman–Crippen LogP) is 24.8. The van der Waals surface area contributed by atoms with Gasteiger partial charge < -0.3 is 14.2 Å². The summed E-state index contributed by atoms with van der Waals surface area (Å²) in [5.74, 6) is -0.834. The maximum absolute atomic E-state index is 12.9. The average molecular weight is 1110 g/mol. The highest BCUT2D eigenvalue weighted by Crippen LogP contribution is 2.19. The summed E-state index contributed by atoms with van der Waals surface area (Å²) >= 11 is 0. The van der Waals surface area contributed by atoms with E-state index in [0.29, 0.717) is 19.3 Å². The number of hydrogen-bond acceptors (Lipinski definition) is 6. The first-order chi connectivity index (χ1) is 39.0. The van der Waals surface area contributed by atoms with Gasteiger partial charge in [0.15, 0.2) is 6.10 Å². The first-order valence-corrected chi connectivity index (χ1v) is 36.2. The lowest BCUT2D eigenvalue weighted by Gasteiger charge is -2.18. The number of carbonyl (C=O) groups excluding carboxylic acids is 3. The molecule has 0 saturated carbocycles. The number of unbranched alkanes of at least 4 members (excludes halogenated alkanes) is 55. The summed E-state index contributed by atoms with van der Waals surface area (Å²) in [6, 6.07) is 0. The SMILES string of the molecule is CCCCCCCC/C=C\CCCCCCCCCCCC(=O)OC(COC(=O)CCCCCCCCCCCCC)COC(=O)CCCCCCCCCCCCCCCCCCCCCCCCCCCCCCCCC. The molecular weight excluding hydrogens is 973 g/mol. The van der Waals surface area contributed by atoms with Crippen molar-refractivity contribution >= 4 is 17.9 Å². The van der Waals surface area contributed by atoms with E-state index in [0.717, 1.165) is 57.8 Å². The zero-order valence-corrected chi connectivity index (χ0v) is 53.9. The normalized spacial score (nSPS) is 12.0. The zero-order valence-electron chi connectivity index (χ0n) is 53.9. The largest absolute Gasteiger partial charge is 0.462 e. The van der Waals surface area contributed by atoms with Gasteiger partial charge in [0.2, 0.25) is 0 Å². The van der Waals surface area contributed by atoms with Gasteiger partial charge in [-0.05, 0) is 44.9 Å². The fourth-order valence-electron chi connectivity index (χ4n) is 11.3. The molecule has 0 radical (unpaired) electrons. The molecule has 0 aromatic heterocycles. The Labute approximate surface area is 494 Å². The molecule has 1 atom stereocenters. The summed E-state index contributed by atoms with van der Waals surface area (Å²) in [5, 5.41) is 0. The fourth-order valence-corrected chi connectivity index (χ4v) is 11.3. The Morgan fingerprint density at radius 3 is 0.633 bits per heavy atom. The standard InChI is InChI=1S/C73H140O6/c1-4-7-10-13-16-19-22-24-26-28-30-31-32-33-34-35-36-37-38-39-40-41-43-44-46-48-51-54-57-60-63-66-72(75)78-69-70(68-77-71(74)65-62-59-56-53-50-21-18-15-12-9-6-3)79-73(76)67-64-61-58-55-52-49-47-45-42-29-27-25-23-20-17-14-11-8-5-2/h25,27,70H,4-24,26,28-69H2,1-3H3/b27-25-. The molecule has 0 aromatic carbocycles. The molecule has 6 heteroatoms. The Kier molecular flexibility index (Phi) is 67.0. The molecule has 0 saturated heterocycles. The van der Waals surface area contributed by atoms with Crippen LogP contribution >= 0.6 is 0 Å². The predicted molar refractivity (Wildman–Crippen MR) is 344 cm³/mol. The minimum absolute atomic E-state index is 0.0641. The lowest BCUT2D eigenvalue weighted by molar-refractivity contribution is -0.167. The van der Waals surface area contributed by atoms with E-state index in [2.05, 4.69) is 32.9 Å². The maximum Gasteiger partial charge on any atom is 0.306 e. The quantitative estimate of drug-likeness (QED) is 0.0261. The number of rotatable bonds is 68. The van der Waals surface area contributed by atoms with Crippen molar-refractivity contribution in [2.24, 2.45) is 0 Å². The lowest BCUT2D eigenvalue weighted by Crippen LogP contribution is -2.30. The second kappa shape index (κ2) is 68.6. The summed E-state index contributed by atoms with van der Waals surface area (Å²) in [7, 11) is 0. The van der Waals surface area contributed by atoms with Crippen LogP contribution < -0.4 is 0 Å². The van der Waals surface area contributed by atoms with Crippen LogP contribution in [0.2, 0.25) is 0 Å². The van der Waals surface area contributed by atoms with Crippen LogP contribution in [0, 0.1) is 0 Å². The molecule has 1 unspecified atom stereocenters. The number of ether oxygens (including phenoxy) is 3. The first-order valence-electron chi connectivity index (χ1n) is 36.2. The molecule has 0 spiro atoms. The second-order valence-corrected chi connectivity index (χ2v) is 24.9.